The Morgan fingerprint density at radius 1 is 1.37 bits per heavy atom. The van der Waals surface area contributed by atoms with Crippen molar-refractivity contribution in [2.24, 2.45) is 0 Å². The summed E-state index contributed by atoms with van der Waals surface area (Å²) in [6.07, 6.45) is 0. The maximum atomic E-state index is 10.9. The first kappa shape index (κ1) is 13.5. The zero-order valence-corrected chi connectivity index (χ0v) is 11.3. The lowest BCUT2D eigenvalue weighted by atomic mass is 10.2. The highest BCUT2D eigenvalue weighted by Gasteiger charge is 2.13. The van der Waals surface area contributed by atoms with Crippen molar-refractivity contribution >= 4 is 17.6 Å². The van der Waals surface area contributed by atoms with Crippen LogP contribution >= 0.6 is 11.6 Å². The average molecular weight is 281 g/mol. The van der Waals surface area contributed by atoms with E-state index in [2.05, 4.69) is 0 Å². The predicted octanol–water partition coefficient (Wildman–Crippen LogP) is 3.83. The largest absolute Gasteiger partial charge is 0.486 e. The molecule has 0 unspecified atom stereocenters. The number of hydrogen-bond acceptors (Lipinski definition) is 3. The highest BCUT2D eigenvalue weighted by atomic mass is 35.5. The van der Waals surface area contributed by atoms with E-state index >= 15 is 0 Å². The van der Waals surface area contributed by atoms with Crippen molar-refractivity contribution in [1.29, 1.82) is 0 Å². The zero-order valence-electron chi connectivity index (χ0n) is 10.6. The first-order chi connectivity index (χ1) is 8.97. The Balaban J connectivity index is 2.08. The molecular weight excluding hydrogens is 268 g/mol. The number of furan rings is 1. The number of aromatic carboxylic acids is 1. The highest BCUT2D eigenvalue weighted by molar-refractivity contribution is 6.31. The van der Waals surface area contributed by atoms with E-state index in [0.29, 0.717) is 22.3 Å². The summed E-state index contributed by atoms with van der Waals surface area (Å²) in [6.45, 7) is 3.67. The van der Waals surface area contributed by atoms with E-state index < -0.39 is 5.97 Å². The van der Waals surface area contributed by atoms with Crippen LogP contribution in [0.25, 0.3) is 0 Å². The van der Waals surface area contributed by atoms with Crippen molar-refractivity contribution in [2.45, 2.75) is 20.5 Å². The van der Waals surface area contributed by atoms with Crippen LogP contribution in [-0.2, 0) is 6.61 Å². The van der Waals surface area contributed by atoms with Crippen molar-refractivity contribution in [3.63, 3.8) is 0 Å². The minimum Gasteiger partial charge on any atom is -0.486 e. The first-order valence-electron chi connectivity index (χ1n) is 5.69. The van der Waals surface area contributed by atoms with Gasteiger partial charge in [0, 0.05) is 5.02 Å². The van der Waals surface area contributed by atoms with E-state index in [1.54, 1.807) is 19.1 Å². The summed E-state index contributed by atoms with van der Waals surface area (Å²) >= 11 is 5.92. The fourth-order valence-corrected chi connectivity index (χ4v) is 1.81. The van der Waals surface area contributed by atoms with Gasteiger partial charge in [-0.15, -0.1) is 0 Å². The summed E-state index contributed by atoms with van der Waals surface area (Å²) in [6, 6.07) is 6.79. The Morgan fingerprint density at radius 3 is 2.68 bits per heavy atom. The van der Waals surface area contributed by atoms with Gasteiger partial charge in [-0.1, -0.05) is 11.6 Å². The van der Waals surface area contributed by atoms with Gasteiger partial charge in [0.05, 0.1) is 0 Å². The van der Waals surface area contributed by atoms with Crippen LogP contribution < -0.4 is 4.74 Å². The number of ether oxygens (including phenoxy) is 1. The van der Waals surface area contributed by atoms with E-state index in [0.717, 1.165) is 5.56 Å². The smallest absolute Gasteiger partial charge is 0.339 e. The van der Waals surface area contributed by atoms with Crippen LogP contribution in [0, 0.1) is 13.8 Å². The molecule has 0 amide bonds. The van der Waals surface area contributed by atoms with Crippen molar-refractivity contribution in [3.8, 4) is 5.75 Å². The second-order valence-electron chi connectivity index (χ2n) is 4.19. The first-order valence-corrected chi connectivity index (χ1v) is 6.06. The molecular formula is C14H13ClO4. The second kappa shape index (κ2) is 5.36. The number of carbonyl (C=O) groups is 1. The second-order valence-corrected chi connectivity index (χ2v) is 4.59. The van der Waals surface area contributed by atoms with Crippen LogP contribution in [-0.4, -0.2) is 11.1 Å². The molecule has 0 aliphatic heterocycles. The molecule has 1 N–H and O–H groups in total. The Hall–Kier alpha value is -1.94. The maximum Gasteiger partial charge on any atom is 0.339 e. The summed E-state index contributed by atoms with van der Waals surface area (Å²) in [7, 11) is 0. The molecule has 100 valence electrons. The van der Waals surface area contributed by atoms with Gasteiger partial charge in [0.25, 0.3) is 0 Å². The number of carboxylic acids is 1. The lowest BCUT2D eigenvalue weighted by Gasteiger charge is -2.05. The van der Waals surface area contributed by atoms with Gasteiger partial charge in [0.15, 0.2) is 0 Å². The fraction of sp³-hybridized carbons (Fsp3) is 0.214. The van der Waals surface area contributed by atoms with Crippen LogP contribution in [0.3, 0.4) is 0 Å². The number of aryl methyl sites for hydroxylation is 2. The molecule has 0 saturated carbocycles. The molecule has 4 nitrogen and oxygen atoms in total. The molecule has 0 aliphatic carbocycles. The quantitative estimate of drug-likeness (QED) is 0.925. The molecule has 1 heterocycles. The maximum absolute atomic E-state index is 10.9. The Bertz CT molecular complexity index is 616. The predicted molar refractivity (Wildman–Crippen MR) is 70.9 cm³/mol. The van der Waals surface area contributed by atoms with Gasteiger partial charge in [-0.2, -0.15) is 0 Å². The van der Waals surface area contributed by atoms with Crippen LogP contribution in [0.1, 0.15) is 27.4 Å². The summed E-state index contributed by atoms with van der Waals surface area (Å²) in [5.74, 6) is 0.503. The van der Waals surface area contributed by atoms with Gasteiger partial charge in [-0.3, -0.25) is 0 Å². The number of hydrogen-bond donors (Lipinski definition) is 1. The molecule has 0 fully saturated rings. The van der Waals surface area contributed by atoms with E-state index in [1.807, 2.05) is 13.0 Å². The third kappa shape index (κ3) is 3.09. The SMILES string of the molecule is Cc1cc(OCc2cc(C(=O)O)c(C)o2)ccc1Cl. The molecule has 0 spiro atoms. The van der Waals surface area contributed by atoms with Crippen molar-refractivity contribution in [2.75, 3.05) is 0 Å². The third-order valence-electron chi connectivity index (χ3n) is 2.71. The molecule has 0 atom stereocenters. The molecule has 2 rings (SSSR count). The van der Waals surface area contributed by atoms with Gasteiger partial charge in [-0.25, -0.2) is 4.79 Å². The molecule has 2 aromatic rings. The van der Waals surface area contributed by atoms with E-state index in [9.17, 15) is 4.79 Å². The normalized spacial score (nSPS) is 10.5. The van der Waals surface area contributed by atoms with Crippen LogP contribution in [0.2, 0.25) is 5.02 Å². The van der Waals surface area contributed by atoms with Crippen LogP contribution in [0.5, 0.6) is 5.75 Å². The molecule has 0 saturated heterocycles. The van der Waals surface area contributed by atoms with Gasteiger partial charge < -0.3 is 14.3 Å². The lowest BCUT2D eigenvalue weighted by Crippen LogP contribution is -1.96. The van der Waals surface area contributed by atoms with E-state index in [-0.39, 0.29) is 12.2 Å². The van der Waals surface area contributed by atoms with Crippen molar-refractivity contribution < 1.29 is 19.1 Å². The molecule has 1 aromatic heterocycles. The molecule has 0 aliphatic rings. The summed E-state index contributed by atoms with van der Waals surface area (Å²) in [4.78, 5) is 10.9. The number of carboxylic acid groups (broad SMARTS) is 1. The van der Waals surface area contributed by atoms with Crippen LogP contribution in [0.15, 0.2) is 28.7 Å². The van der Waals surface area contributed by atoms with Gasteiger partial charge >= 0.3 is 5.97 Å². The van der Waals surface area contributed by atoms with Crippen molar-refractivity contribution in [3.05, 3.63) is 51.9 Å². The fourth-order valence-electron chi connectivity index (χ4n) is 1.69. The van der Waals surface area contributed by atoms with Gasteiger partial charge in [0.1, 0.15) is 29.4 Å². The van der Waals surface area contributed by atoms with Gasteiger partial charge in [0.2, 0.25) is 0 Å². The standard InChI is InChI=1S/C14H13ClO4/c1-8-5-10(3-4-13(8)15)18-7-11-6-12(14(16)17)9(2)19-11/h3-6H,7H2,1-2H3,(H,16,17). The summed E-state index contributed by atoms with van der Waals surface area (Å²) in [5, 5.41) is 9.59. The Kier molecular flexibility index (Phi) is 3.81. The Labute approximate surface area is 115 Å². The highest BCUT2D eigenvalue weighted by Crippen LogP contribution is 2.22. The topological polar surface area (TPSA) is 59.7 Å². The van der Waals surface area contributed by atoms with E-state index in [1.165, 1.54) is 6.07 Å². The minimum absolute atomic E-state index is 0.158. The minimum atomic E-state index is -1.00. The van der Waals surface area contributed by atoms with Crippen molar-refractivity contribution in [1.82, 2.24) is 0 Å². The van der Waals surface area contributed by atoms with Gasteiger partial charge in [-0.05, 0) is 43.7 Å². The lowest BCUT2D eigenvalue weighted by molar-refractivity contribution is 0.0695. The summed E-state index contributed by atoms with van der Waals surface area (Å²) < 4.78 is 10.9. The van der Waals surface area contributed by atoms with E-state index in [4.69, 9.17) is 25.9 Å². The molecule has 5 heteroatoms. The number of halogens is 1. The number of benzene rings is 1. The average Bonchev–Trinajstić information content (AvgIpc) is 2.72. The zero-order chi connectivity index (χ0) is 14.0. The monoisotopic (exact) mass is 280 g/mol. The molecule has 1 aromatic carbocycles. The molecule has 0 bridgehead atoms. The third-order valence-corrected chi connectivity index (χ3v) is 3.13. The Morgan fingerprint density at radius 2 is 2.11 bits per heavy atom. The summed E-state index contributed by atoms with van der Waals surface area (Å²) in [5.41, 5.74) is 1.08. The molecule has 0 radical (unpaired) electrons. The molecule has 19 heavy (non-hydrogen) atoms. The number of rotatable bonds is 4. The van der Waals surface area contributed by atoms with Crippen LogP contribution in [0.4, 0.5) is 0 Å².